The fraction of sp³-hybridized carbons (Fsp3) is 1.00. The molecule has 0 saturated carbocycles. The predicted octanol–water partition coefficient (Wildman–Crippen LogP) is 5.33. The van der Waals surface area contributed by atoms with Gasteiger partial charge >= 0.3 is 5.97 Å². The summed E-state index contributed by atoms with van der Waals surface area (Å²) < 4.78 is 18.2. The molecule has 0 heterocycles. The van der Waals surface area contributed by atoms with Gasteiger partial charge in [-0.3, -0.25) is 0 Å². The van der Waals surface area contributed by atoms with Crippen LogP contribution in [0.2, 0.25) is 0 Å². The number of unbranched alkanes of at least 4 members (excludes halogenated alkanes) is 1. The van der Waals surface area contributed by atoms with Crippen LogP contribution in [0.3, 0.4) is 0 Å². The lowest BCUT2D eigenvalue weighted by Gasteiger charge is -2.44. The van der Waals surface area contributed by atoms with Crippen molar-refractivity contribution in [1.29, 1.82) is 0 Å². The first kappa shape index (κ1) is 24.8. The van der Waals surface area contributed by atoms with Crippen LogP contribution in [0, 0.1) is 11.3 Å². The molecule has 0 aliphatic rings. The highest BCUT2D eigenvalue weighted by atomic mass is 17.3. The van der Waals surface area contributed by atoms with Gasteiger partial charge in [0.15, 0.2) is 0 Å². The highest BCUT2D eigenvalue weighted by Crippen LogP contribution is 2.39. The van der Waals surface area contributed by atoms with Crippen molar-refractivity contribution in [2.24, 2.45) is 11.3 Å². The molecule has 5 nitrogen and oxygen atoms in total. The van der Waals surface area contributed by atoms with Crippen LogP contribution in [0.25, 0.3) is 0 Å². The molecule has 0 aliphatic heterocycles. The standard InChI is InChI=1S/C20H42O5/c1-11-12-13-22-20(23-14-16(2)3,25-24-18(6,7)8)19(9,10)15-21-17(4)5/h16-17H,11-15H2,1-10H3. The lowest BCUT2D eigenvalue weighted by molar-refractivity contribution is -0.555. The average Bonchev–Trinajstić information content (AvgIpc) is 2.46. The molecule has 1 atom stereocenters. The SMILES string of the molecule is CCCCOC(OCC(C)C)(OOC(C)(C)C)C(C)(C)COC(C)C. The molecule has 0 spiro atoms. The van der Waals surface area contributed by atoms with Gasteiger partial charge in [0.2, 0.25) is 0 Å². The van der Waals surface area contributed by atoms with E-state index in [1.807, 2.05) is 48.5 Å². The first-order chi connectivity index (χ1) is 11.4. The summed E-state index contributed by atoms with van der Waals surface area (Å²) in [4.78, 5) is 11.5. The molecule has 0 bridgehead atoms. The van der Waals surface area contributed by atoms with Crippen molar-refractivity contribution in [3.8, 4) is 0 Å². The summed E-state index contributed by atoms with van der Waals surface area (Å²) >= 11 is 0. The first-order valence-electron chi connectivity index (χ1n) is 9.61. The Kier molecular flexibility index (Phi) is 10.7. The van der Waals surface area contributed by atoms with E-state index in [4.69, 9.17) is 24.0 Å². The van der Waals surface area contributed by atoms with Crippen LogP contribution in [0.15, 0.2) is 0 Å². The number of hydrogen-bond acceptors (Lipinski definition) is 5. The van der Waals surface area contributed by atoms with Gasteiger partial charge in [0.25, 0.3) is 0 Å². The van der Waals surface area contributed by atoms with E-state index >= 15 is 0 Å². The number of hydrogen-bond donors (Lipinski definition) is 0. The van der Waals surface area contributed by atoms with E-state index in [9.17, 15) is 0 Å². The molecule has 0 aromatic carbocycles. The van der Waals surface area contributed by atoms with Crippen LogP contribution >= 0.6 is 0 Å². The Morgan fingerprint density at radius 3 is 1.88 bits per heavy atom. The zero-order valence-electron chi connectivity index (χ0n) is 18.2. The molecule has 0 saturated heterocycles. The highest BCUT2D eigenvalue weighted by Gasteiger charge is 2.52. The minimum atomic E-state index is -1.32. The number of ether oxygens (including phenoxy) is 3. The van der Waals surface area contributed by atoms with E-state index in [-0.39, 0.29) is 6.10 Å². The zero-order chi connectivity index (χ0) is 19.7. The molecule has 0 N–H and O–H groups in total. The lowest BCUT2D eigenvalue weighted by atomic mass is 9.90. The summed E-state index contributed by atoms with van der Waals surface area (Å²) in [5, 5.41) is 0. The lowest BCUT2D eigenvalue weighted by Crippen LogP contribution is -2.55. The van der Waals surface area contributed by atoms with Crippen molar-refractivity contribution in [2.75, 3.05) is 19.8 Å². The maximum Gasteiger partial charge on any atom is 0.319 e. The van der Waals surface area contributed by atoms with Crippen LogP contribution < -0.4 is 0 Å². The molecule has 0 amide bonds. The first-order valence-corrected chi connectivity index (χ1v) is 9.61. The molecular weight excluding hydrogens is 320 g/mol. The molecule has 0 fully saturated rings. The Balaban J connectivity index is 5.51. The molecular formula is C20H42O5. The Hall–Kier alpha value is -0.200. The van der Waals surface area contributed by atoms with Gasteiger partial charge < -0.3 is 14.2 Å². The van der Waals surface area contributed by atoms with E-state index in [1.54, 1.807) is 0 Å². The summed E-state index contributed by atoms with van der Waals surface area (Å²) in [6.45, 7) is 21.7. The molecule has 152 valence electrons. The Morgan fingerprint density at radius 1 is 0.840 bits per heavy atom. The Labute approximate surface area is 155 Å². The van der Waals surface area contributed by atoms with Gasteiger partial charge in [-0.25, -0.2) is 4.89 Å². The molecule has 0 aliphatic carbocycles. The van der Waals surface area contributed by atoms with Crippen LogP contribution in [-0.4, -0.2) is 37.5 Å². The van der Waals surface area contributed by atoms with Crippen molar-refractivity contribution < 1.29 is 24.0 Å². The van der Waals surface area contributed by atoms with Gasteiger partial charge in [-0.2, -0.15) is 4.89 Å². The second kappa shape index (κ2) is 10.8. The summed E-state index contributed by atoms with van der Waals surface area (Å²) in [7, 11) is 0. The molecule has 5 heteroatoms. The van der Waals surface area contributed by atoms with E-state index in [0.717, 1.165) is 12.8 Å². The molecule has 0 aromatic heterocycles. The largest absolute Gasteiger partial charge is 0.378 e. The third kappa shape index (κ3) is 9.90. The maximum absolute atomic E-state index is 6.18. The third-order valence-corrected chi connectivity index (χ3v) is 3.40. The molecule has 1 unspecified atom stereocenters. The van der Waals surface area contributed by atoms with Gasteiger partial charge in [0.1, 0.15) is 0 Å². The second-order valence-electron chi connectivity index (χ2n) is 8.99. The van der Waals surface area contributed by atoms with Gasteiger partial charge in [-0.15, -0.1) is 0 Å². The monoisotopic (exact) mass is 362 g/mol. The smallest absolute Gasteiger partial charge is 0.319 e. The van der Waals surface area contributed by atoms with Crippen LogP contribution in [0.1, 0.15) is 82.1 Å². The Bertz CT molecular complexity index is 346. The molecule has 0 rings (SSSR count). The fourth-order valence-corrected chi connectivity index (χ4v) is 1.86. The van der Waals surface area contributed by atoms with Crippen molar-refractivity contribution in [2.45, 2.75) is 99.8 Å². The quantitative estimate of drug-likeness (QED) is 0.192. The average molecular weight is 363 g/mol. The Morgan fingerprint density at radius 2 is 1.44 bits per heavy atom. The molecule has 25 heavy (non-hydrogen) atoms. The summed E-state index contributed by atoms with van der Waals surface area (Å²) in [5.74, 6) is -0.983. The van der Waals surface area contributed by atoms with Crippen LogP contribution in [0.5, 0.6) is 0 Å². The zero-order valence-corrected chi connectivity index (χ0v) is 18.2. The summed E-state index contributed by atoms with van der Waals surface area (Å²) in [6, 6.07) is 0. The van der Waals surface area contributed by atoms with Gasteiger partial charge in [0, 0.05) is 0 Å². The fourth-order valence-electron chi connectivity index (χ4n) is 1.86. The van der Waals surface area contributed by atoms with E-state index in [0.29, 0.717) is 25.7 Å². The molecule has 0 aromatic rings. The normalized spacial score (nSPS) is 15.8. The topological polar surface area (TPSA) is 46.2 Å². The van der Waals surface area contributed by atoms with Gasteiger partial charge in [0.05, 0.1) is 36.9 Å². The van der Waals surface area contributed by atoms with Crippen molar-refractivity contribution in [1.82, 2.24) is 0 Å². The van der Waals surface area contributed by atoms with Crippen molar-refractivity contribution in [3.05, 3.63) is 0 Å². The number of rotatable bonds is 13. The molecule has 0 radical (unpaired) electrons. The minimum Gasteiger partial charge on any atom is -0.378 e. The van der Waals surface area contributed by atoms with E-state index in [1.165, 1.54) is 0 Å². The highest BCUT2D eigenvalue weighted by molar-refractivity contribution is 4.81. The summed E-state index contributed by atoms with van der Waals surface area (Å²) in [5.41, 5.74) is -1.04. The minimum absolute atomic E-state index is 0.112. The van der Waals surface area contributed by atoms with Crippen LogP contribution in [0.4, 0.5) is 0 Å². The van der Waals surface area contributed by atoms with Gasteiger partial charge in [-0.1, -0.05) is 27.2 Å². The predicted molar refractivity (Wildman–Crippen MR) is 101 cm³/mol. The third-order valence-electron chi connectivity index (χ3n) is 3.40. The van der Waals surface area contributed by atoms with Crippen molar-refractivity contribution in [3.63, 3.8) is 0 Å². The van der Waals surface area contributed by atoms with Crippen LogP contribution in [-0.2, 0) is 24.0 Å². The van der Waals surface area contributed by atoms with Crippen molar-refractivity contribution >= 4 is 0 Å². The maximum atomic E-state index is 6.18. The van der Waals surface area contributed by atoms with E-state index < -0.39 is 17.0 Å². The van der Waals surface area contributed by atoms with Gasteiger partial charge in [-0.05, 0) is 60.8 Å². The van der Waals surface area contributed by atoms with E-state index in [2.05, 4.69) is 20.8 Å². The second-order valence-corrected chi connectivity index (χ2v) is 8.99. The summed E-state index contributed by atoms with van der Waals surface area (Å²) in [6.07, 6.45) is 2.07.